The molecule has 0 heterocycles. The summed E-state index contributed by atoms with van der Waals surface area (Å²) in [7, 11) is 0.134. The molecular weight excluding hydrogens is 206 g/mol. The lowest BCUT2D eigenvalue weighted by atomic mass is 10.2. The zero-order chi connectivity index (χ0) is 10.8. The van der Waals surface area contributed by atoms with Crippen LogP contribution in [0.2, 0.25) is 0 Å². The molecule has 0 unspecified atom stereocenters. The predicted octanol–water partition coefficient (Wildman–Crippen LogP) is 4.34. The molecule has 14 heavy (non-hydrogen) atoms. The number of hydrogen-bond donors (Lipinski definition) is 0. The molecule has 0 aliphatic carbocycles. The third-order valence-corrected chi connectivity index (χ3v) is 9.46. The van der Waals surface area contributed by atoms with E-state index in [1.54, 1.807) is 0 Å². The smallest absolute Gasteiger partial charge is 0.0313 e. The molecule has 0 spiro atoms. The van der Waals surface area contributed by atoms with Crippen LogP contribution in [0.25, 0.3) is 0 Å². The van der Waals surface area contributed by atoms with E-state index in [9.17, 15) is 0 Å². The molecule has 2 heteroatoms. The van der Waals surface area contributed by atoms with Crippen LogP contribution in [0.1, 0.15) is 12.5 Å². The van der Waals surface area contributed by atoms with Crippen molar-refractivity contribution in [3.63, 3.8) is 0 Å². The number of benzene rings is 1. The van der Waals surface area contributed by atoms with Crippen LogP contribution in [0.5, 0.6) is 0 Å². The maximum absolute atomic E-state index is 2.43. The first-order valence-electron chi connectivity index (χ1n) is 4.90. The Kier molecular flexibility index (Phi) is 4.11. The van der Waals surface area contributed by atoms with E-state index in [2.05, 4.69) is 63.9 Å². The molecule has 1 aromatic rings. The van der Waals surface area contributed by atoms with Gasteiger partial charge < -0.3 is 0 Å². The molecule has 0 amide bonds. The lowest BCUT2D eigenvalue weighted by molar-refractivity contribution is 0.974. The van der Waals surface area contributed by atoms with Gasteiger partial charge in [-0.1, -0.05) is 46.2 Å². The zero-order valence-electron chi connectivity index (χ0n) is 9.78. The molecule has 0 nitrogen and oxygen atoms in total. The summed E-state index contributed by atoms with van der Waals surface area (Å²) in [6.45, 7) is 12.0. The average molecular weight is 226 g/mol. The van der Waals surface area contributed by atoms with Crippen molar-refractivity contribution in [3.05, 3.63) is 35.9 Å². The van der Waals surface area contributed by atoms with Gasteiger partial charge in [-0.2, -0.15) is 0 Å². The second kappa shape index (κ2) is 4.73. The van der Waals surface area contributed by atoms with E-state index in [0.717, 1.165) is 0 Å². The first-order chi connectivity index (χ1) is 6.49. The highest BCUT2D eigenvalue weighted by Gasteiger charge is 2.33. The second-order valence-corrected chi connectivity index (χ2v) is 9.90. The van der Waals surface area contributed by atoms with Crippen LogP contribution in [0.3, 0.4) is 0 Å². The predicted molar refractivity (Wildman–Crippen MR) is 71.3 cm³/mol. The van der Waals surface area contributed by atoms with E-state index >= 15 is 0 Å². The minimum absolute atomic E-state index is 0.0671. The van der Waals surface area contributed by atoms with Crippen molar-refractivity contribution >= 4 is 15.8 Å². The molecule has 0 aromatic heterocycles. The van der Waals surface area contributed by atoms with Gasteiger partial charge in [0.05, 0.1) is 0 Å². The van der Waals surface area contributed by atoms with Crippen molar-refractivity contribution in [2.75, 3.05) is 26.7 Å². The molecule has 0 radical (unpaired) electrons. The van der Waals surface area contributed by atoms with E-state index in [1.807, 2.05) is 0 Å². The van der Waals surface area contributed by atoms with Gasteiger partial charge in [0.25, 0.3) is 0 Å². The van der Waals surface area contributed by atoms with Gasteiger partial charge in [0.15, 0.2) is 0 Å². The van der Waals surface area contributed by atoms with E-state index in [-0.39, 0.29) is 15.8 Å². The van der Waals surface area contributed by atoms with Crippen LogP contribution in [0.15, 0.2) is 30.3 Å². The fourth-order valence-electron chi connectivity index (χ4n) is 1.67. The summed E-state index contributed by atoms with van der Waals surface area (Å²) in [5, 5.41) is 0. The summed E-state index contributed by atoms with van der Waals surface area (Å²) in [4.78, 5) is 0.423. The number of hydrogen-bond acceptors (Lipinski definition) is 0. The molecule has 0 saturated heterocycles. The van der Waals surface area contributed by atoms with Crippen LogP contribution in [0.4, 0.5) is 0 Å². The summed E-state index contributed by atoms with van der Waals surface area (Å²) in [6, 6.07) is 11.0. The highest BCUT2D eigenvalue weighted by molar-refractivity contribution is 7.75. The average Bonchev–Trinajstić information content (AvgIpc) is 2.17. The molecule has 1 aromatic carbocycles. The van der Waals surface area contributed by atoms with Crippen LogP contribution in [0, 0.1) is 0 Å². The van der Waals surface area contributed by atoms with E-state index in [0.29, 0.717) is 4.90 Å². The van der Waals surface area contributed by atoms with Crippen molar-refractivity contribution in [1.29, 1.82) is 0 Å². The Hall–Kier alpha value is 0.0800. The maximum atomic E-state index is 2.43. The van der Waals surface area contributed by atoms with Gasteiger partial charge in [0.1, 0.15) is 0 Å². The lowest BCUT2D eigenvalue weighted by Gasteiger charge is -2.39. The Bertz CT molecular complexity index is 270. The van der Waals surface area contributed by atoms with E-state index < -0.39 is 0 Å². The van der Waals surface area contributed by atoms with Crippen LogP contribution in [-0.2, 0) is 4.90 Å². The first kappa shape index (κ1) is 12.2. The van der Waals surface area contributed by atoms with Gasteiger partial charge in [-0.25, -0.2) is 0 Å². The van der Waals surface area contributed by atoms with Crippen molar-refractivity contribution in [2.24, 2.45) is 0 Å². The highest BCUT2D eigenvalue weighted by Crippen LogP contribution is 2.66. The molecule has 0 atom stereocenters. The van der Waals surface area contributed by atoms with Gasteiger partial charge in [-0.05, 0) is 39.1 Å². The summed E-state index contributed by atoms with van der Waals surface area (Å²) in [5.74, 6) is 0. The van der Waals surface area contributed by atoms with E-state index in [1.165, 1.54) is 5.56 Å². The standard InChI is InChI=1S/C12H20P2/c1-12(13(2)3,14(4)5)11-9-7-6-8-10-11/h6-10H,1-5H3. The molecule has 0 aliphatic rings. The monoisotopic (exact) mass is 226 g/mol. The summed E-state index contributed by atoms with van der Waals surface area (Å²) >= 11 is 0. The molecule has 0 N–H and O–H groups in total. The zero-order valence-corrected chi connectivity index (χ0v) is 11.6. The van der Waals surface area contributed by atoms with Crippen LogP contribution in [-0.4, -0.2) is 26.7 Å². The quantitative estimate of drug-likeness (QED) is 0.672. The summed E-state index contributed by atoms with van der Waals surface area (Å²) < 4.78 is 0. The minimum atomic E-state index is 0.0671. The van der Waals surface area contributed by atoms with Gasteiger partial charge in [0, 0.05) is 4.90 Å². The first-order valence-corrected chi connectivity index (χ1v) is 9.37. The highest BCUT2D eigenvalue weighted by atomic mass is 31.2. The van der Waals surface area contributed by atoms with Crippen molar-refractivity contribution in [3.8, 4) is 0 Å². The normalized spacial score (nSPS) is 12.5. The third-order valence-electron chi connectivity index (χ3n) is 3.06. The number of rotatable bonds is 3. The van der Waals surface area contributed by atoms with Crippen LogP contribution < -0.4 is 0 Å². The van der Waals surface area contributed by atoms with Crippen molar-refractivity contribution < 1.29 is 0 Å². The molecule has 1 rings (SSSR count). The Labute approximate surface area is 90.6 Å². The third kappa shape index (κ3) is 2.18. The largest absolute Gasteiger partial charge is 0.0979 e. The summed E-state index contributed by atoms with van der Waals surface area (Å²) in [6.07, 6.45) is 0. The second-order valence-electron chi connectivity index (χ2n) is 4.18. The minimum Gasteiger partial charge on any atom is -0.0979 e. The Morgan fingerprint density at radius 2 is 1.29 bits per heavy atom. The SMILES string of the molecule is CP(C)C(C)(c1ccccc1)P(C)C. The van der Waals surface area contributed by atoms with Crippen molar-refractivity contribution in [1.82, 2.24) is 0 Å². The molecule has 0 saturated carbocycles. The molecule has 0 fully saturated rings. The maximum Gasteiger partial charge on any atom is 0.0313 e. The van der Waals surface area contributed by atoms with Gasteiger partial charge in [-0.3, -0.25) is 0 Å². The lowest BCUT2D eigenvalue weighted by Crippen LogP contribution is -2.16. The van der Waals surface area contributed by atoms with Crippen LogP contribution >= 0.6 is 15.8 Å². The van der Waals surface area contributed by atoms with Crippen molar-refractivity contribution in [2.45, 2.75) is 11.8 Å². The Morgan fingerprint density at radius 3 is 1.64 bits per heavy atom. The van der Waals surface area contributed by atoms with Gasteiger partial charge in [-0.15, -0.1) is 0 Å². The molecular formula is C12H20P2. The fourth-order valence-corrected chi connectivity index (χ4v) is 6.20. The molecule has 0 aliphatic heterocycles. The topological polar surface area (TPSA) is 0 Å². The summed E-state index contributed by atoms with van der Waals surface area (Å²) in [5.41, 5.74) is 1.52. The van der Waals surface area contributed by atoms with E-state index in [4.69, 9.17) is 0 Å². The molecule has 78 valence electrons. The molecule has 0 bridgehead atoms. The fraction of sp³-hybridized carbons (Fsp3) is 0.500. The van der Waals surface area contributed by atoms with Gasteiger partial charge in [0.2, 0.25) is 0 Å². The van der Waals surface area contributed by atoms with Gasteiger partial charge >= 0.3 is 0 Å². The Morgan fingerprint density at radius 1 is 0.857 bits per heavy atom. The Balaban J connectivity index is 3.13.